The second-order valence-electron chi connectivity index (χ2n) is 4.21. The van der Waals surface area contributed by atoms with Crippen molar-refractivity contribution in [3.8, 4) is 0 Å². The Morgan fingerprint density at radius 3 is 2.00 bits per heavy atom. The van der Waals surface area contributed by atoms with E-state index in [4.69, 9.17) is 11.6 Å². The van der Waals surface area contributed by atoms with Gasteiger partial charge in [0, 0.05) is 22.0 Å². The van der Waals surface area contributed by atoms with E-state index < -0.39 is 0 Å². The lowest BCUT2D eigenvalue weighted by Gasteiger charge is -2.18. The summed E-state index contributed by atoms with van der Waals surface area (Å²) in [4.78, 5) is 0. The third-order valence-electron chi connectivity index (χ3n) is 2.95. The summed E-state index contributed by atoms with van der Waals surface area (Å²) in [6.07, 6.45) is 0. The maximum atomic E-state index is 5.94. The number of rotatable bonds is 4. The summed E-state index contributed by atoms with van der Waals surface area (Å²) in [6, 6.07) is 16.5. The van der Waals surface area contributed by atoms with Crippen molar-refractivity contribution in [2.45, 2.75) is 5.92 Å². The first-order chi connectivity index (χ1) is 8.70. The zero-order valence-corrected chi connectivity index (χ0v) is 12.5. The molecule has 0 saturated heterocycles. The Balaban J connectivity index is 2.33. The molecule has 0 fully saturated rings. The summed E-state index contributed by atoms with van der Waals surface area (Å²) in [7, 11) is 1.97. The van der Waals surface area contributed by atoms with Gasteiger partial charge in [0.2, 0.25) is 0 Å². The second kappa shape index (κ2) is 6.37. The van der Waals surface area contributed by atoms with Gasteiger partial charge in [-0.1, -0.05) is 51.8 Å². The van der Waals surface area contributed by atoms with Crippen molar-refractivity contribution in [1.29, 1.82) is 0 Å². The monoisotopic (exact) mass is 323 g/mol. The molecule has 2 aromatic rings. The number of nitrogens with one attached hydrogen (secondary N) is 1. The van der Waals surface area contributed by atoms with Crippen LogP contribution in [0.3, 0.4) is 0 Å². The average molecular weight is 325 g/mol. The first kappa shape index (κ1) is 13.6. The molecular formula is C15H15BrClN. The van der Waals surface area contributed by atoms with Gasteiger partial charge in [-0.05, 0) is 42.4 Å². The quantitative estimate of drug-likeness (QED) is 0.876. The molecule has 1 nitrogen and oxygen atoms in total. The van der Waals surface area contributed by atoms with Crippen LogP contribution in [0.5, 0.6) is 0 Å². The van der Waals surface area contributed by atoms with Crippen LogP contribution in [0.2, 0.25) is 5.02 Å². The summed E-state index contributed by atoms with van der Waals surface area (Å²) < 4.78 is 1.10. The lowest BCUT2D eigenvalue weighted by molar-refractivity contribution is 0.708. The summed E-state index contributed by atoms with van der Waals surface area (Å²) in [5.41, 5.74) is 2.57. The molecule has 1 atom stereocenters. The predicted octanol–water partition coefficient (Wildman–Crippen LogP) is 4.45. The molecule has 1 N–H and O–H groups in total. The lowest BCUT2D eigenvalue weighted by atomic mass is 9.91. The fourth-order valence-corrected chi connectivity index (χ4v) is 2.41. The first-order valence-corrected chi connectivity index (χ1v) is 7.03. The van der Waals surface area contributed by atoms with E-state index in [1.165, 1.54) is 11.1 Å². The molecule has 0 unspecified atom stereocenters. The highest BCUT2D eigenvalue weighted by atomic mass is 79.9. The first-order valence-electron chi connectivity index (χ1n) is 5.86. The number of halogens is 2. The SMILES string of the molecule is CNC[C@@H](c1ccc(Cl)cc1)c1ccc(Br)cc1. The molecule has 0 amide bonds. The molecule has 2 rings (SSSR count). The number of hydrogen-bond acceptors (Lipinski definition) is 1. The van der Waals surface area contributed by atoms with E-state index in [2.05, 4.69) is 57.6 Å². The highest BCUT2D eigenvalue weighted by Crippen LogP contribution is 2.26. The van der Waals surface area contributed by atoms with E-state index in [1.807, 2.05) is 19.2 Å². The topological polar surface area (TPSA) is 12.0 Å². The number of benzene rings is 2. The number of likely N-dealkylation sites (N-methyl/N-ethyl adjacent to an activating group) is 1. The van der Waals surface area contributed by atoms with Crippen molar-refractivity contribution in [2.75, 3.05) is 13.6 Å². The minimum Gasteiger partial charge on any atom is -0.319 e. The van der Waals surface area contributed by atoms with Gasteiger partial charge in [-0.25, -0.2) is 0 Å². The molecule has 0 aliphatic heterocycles. The Hall–Kier alpha value is -0.830. The normalized spacial score (nSPS) is 12.4. The molecule has 2 aromatic carbocycles. The van der Waals surface area contributed by atoms with Crippen LogP contribution < -0.4 is 5.32 Å². The van der Waals surface area contributed by atoms with Crippen LogP contribution in [-0.4, -0.2) is 13.6 Å². The molecule has 0 bridgehead atoms. The maximum Gasteiger partial charge on any atom is 0.0406 e. The maximum absolute atomic E-state index is 5.94. The number of hydrogen-bond donors (Lipinski definition) is 1. The highest BCUT2D eigenvalue weighted by molar-refractivity contribution is 9.10. The van der Waals surface area contributed by atoms with Crippen molar-refractivity contribution in [1.82, 2.24) is 5.32 Å². The Kier molecular flexibility index (Phi) is 4.81. The van der Waals surface area contributed by atoms with Crippen LogP contribution in [0.25, 0.3) is 0 Å². The van der Waals surface area contributed by atoms with E-state index in [1.54, 1.807) is 0 Å². The van der Waals surface area contributed by atoms with Gasteiger partial charge in [0.05, 0.1) is 0 Å². The molecule has 0 aliphatic carbocycles. The van der Waals surface area contributed by atoms with Crippen LogP contribution in [0, 0.1) is 0 Å². The standard InChI is InChI=1S/C15H15BrClN/c1-18-10-15(11-2-6-13(16)7-3-11)12-4-8-14(17)9-5-12/h2-9,15,18H,10H2,1H3/t15-/m1/s1. The van der Waals surface area contributed by atoms with E-state index in [0.29, 0.717) is 5.92 Å². The molecule has 0 aromatic heterocycles. The summed E-state index contributed by atoms with van der Waals surface area (Å²) in [6.45, 7) is 0.906. The van der Waals surface area contributed by atoms with Crippen molar-refractivity contribution in [3.05, 3.63) is 69.2 Å². The fourth-order valence-electron chi connectivity index (χ4n) is 2.02. The molecule has 0 radical (unpaired) electrons. The molecule has 3 heteroatoms. The van der Waals surface area contributed by atoms with Gasteiger partial charge in [0.25, 0.3) is 0 Å². The van der Waals surface area contributed by atoms with Crippen molar-refractivity contribution in [3.63, 3.8) is 0 Å². The van der Waals surface area contributed by atoms with Gasteiger partial charge in [-0.2, -0.15) is 0 Å². The van der Waals surface area contributed by atoms with Gasteiger partial charge in [-0.15, -0.1) is 0 Å². The molecule has 94 valence electrons. The van der Waals surface area contributed by atoms with E-state index >= 15 is 0 Å². The van der Waals surface area contributed by atoms with Crippen LogP contribution in [0.1, 0.15) is 17.0 Å². The van der Waals surface area contributed by atoms with Gasteiger partial charge in [0.15, 0.2) is 0 Å². The van der Waals surface area contributed by atoms with Gasteiger partial charge in [0.1, 0.15) is 0 Å². The molecule has 18 heavy (non-hydrogen) atoms. The molecule has 0 saturated carbocycles. The Morgan fingerprint density at radius 2 is 1.50 bits per heavy atom. The van der Waals surface area contributed by atoms with E-state index in [9.17, 15) is 0 Å². The van der Waals surface area contributed by atoms with Crippen molar-refractivity contribution >= 4 is 27.5 Å². The van der Waals surface area contributed by atoms with E-state index in [-0.39, 0.29) is 0 Å². The third-order valence-corrected chi connectivity index (χ3v) is 3.73. The van der Waals surface area contributed by atoms with Crippen LogP contribution in [0.4, 0.5) is 0 Å². The van der Waals surface area contributed by atoms with Crippen molar-refractivity contribution < 1.29 is 0 Å². The van der Waals surface area contributed by atoms with Crippen LogP contribution in [0.15, 0.2) is 53.0 Å². The zero-order valence-electron chi connectivity index (χ0n) is 10.2. The van der Waals surface area contributed by atoms with Crippen LogP contribution >= 0.6 is 27.5 Å². The predicted molar refractivity (Wildman–Crippen MR) is 81.4 cm³/mol. The Morgan fingerprint density at radius 1 is 1.00 bits per heavy atom. The Labute approximate surface area is 121 Å². The van der Waals surface area contributed by atoms with E-state index in [0.717, 1.165) is 16.0 Å². The smallest absolute Gasteiger partial charge is 0.0406 e. The summed E-state index contributed by atoms with van der Waals surface area (Å²) in [5.74, 6) is 0.348. The fraction of sp³-hybridized carbons (Fsp3) is 0.200. The molecule has 0 aliphatic rings. The average Bonchev–Trinajstić information content (AvgIpc) is 2.39. The minimum atomic E-state index is 0.348. The summed E-state index contributed by atoms with van der Waals surface area (Å²) >= 11 is 9.40. The van der Waals surface area contributed by atoms with Gasteiger partial charge in [-0.3, -0.25) is 0 Å². The molecule has 0 spiro atoms. The van der Waals surface area contributed by atoms with Crippen molar-refractivity contribution in [2.24, 2.45) is 0 Å². The van der Waals surface area contributed by atoms with Crippen LogP contribution in [-0.2, 0) is 0 Å². The third kappa shape index (κ3) is 3.35. The largest absolute Gasteiger partial charge is 0.319 e. The lowest BCUT2D eigenvalue weighted by Crippen LogP contribution is -2.18. The van der Waals surface area contributed by atoms with Gasteiger partial charge < -0.3 is 5.32 Å². The highest BCUT2D eigenvalue weighted by Gasteiger charge is 2.13. The Bertz CT molecular complexity index is 447. The molecule has 0 heterocycles. The molecular weight excluding hydrogens is 310 g/mol. The second-order valence-corrected chi connectivity index (χ2v) is 5.57. The minimum absolute atomic E-state index is 0.348. The zero-order chi connectivity index (χ0) is 13.0. The van der Waals surface area contributed by atoms with Gasteiger partial charge >= 0.3 is 0 Å². The summed E-state index contributed by atoms with van der Waals surface area (Å²) in [5, 5.41) is 4.02.